The van der Waals surface area contributed by atoms with Gasteiger partial charge in [0.25, 0.3) is 0 Å². The zero-order valence-electron chi connectivity index (χ0n) is 7.78. The van der Waals surface area contributed by atoms with E-state index < -0.39 is 0 Å². The number of methoxy groups -OCH3 is 2. The Hall–Kier alpha value is -1.29. The van der Waals surface area contributed by atoms with Gasteiger partial charge in [0.2, 0.25) is 0 Å². The van der Waals surface area contributed by atoms with E-state index in [9.17, 15) is 0 Å². The number of ether oxygens (including phenoxy) is 2. The van der Waals surface area contributed by atoms with Crippen molar-refractivity contribution >= 4 is 0 Å². The van der Waals surface area contributed by atoms with Crippen molar-refractivity contribution in [1.29, 1.82) is 0 Å². The molecule has 1 rings (SSSR count). The first-order valence-electron chi connectivity index (χ1n) is 4.00. The summed E-state index contributed by atoms with van der Waals surface area (Å²) in [4.78, 5) is 4.08. The number of aliphatic hydroxyl groups is 1. The van der Waals surface area contributed by atoms with E-state index >= 15 is 0 Å². The van der Waals surface area contributed by atoms with Crippen molar-refractivity contribution in [2.75, 3.05) is 20.8 Å². The maximum Gasteiger partial charge on any atom is 0.182 e. The van der Waals surface area contributed by atoms with Gasteiger partial charge in [-0.1, -0.05) is 0 Å². The second kappa shape index (κ2) is 4.67. The number of hydrogen-bond acceptors (Lipinski definition) is 4. The van der Waals surface area contributed by atoms with E-state index in [-0.39, 0.29) is 6.61 Å². The molecule has 0 atom stereocenters. The van der Waals surface area contributed by atoms with E-state index in [2.05, 4.69) is 4.98 Å². The normalized spacial score (nSPS) is 9.77. The molecular formula is C9H13NO3. The van der Waals surface area contributed by atoms with Gasteiger partial charge in [0.05, 0.1) is 19.9 Å². The topological polar surface area (TPSA) is 51.6 Å². The fraction of sp³-hybridized carbons (Fsp3) is 0.444. The summed E-state index contributed by atoms with van der Waals surface area (Å²) >= 11 is 0. The Labute approximate surface area is 77.1 Å². The van der Waals surface area contributed by atoms with Gasteiger partial charge in [-0.3, -0.25) is 4.98 Å². The van der Waals surface area contributed by atoms with Gasteiger partial charge in [-0.15, -0.1) is 0 Å². The minimum Gasteiger partial charge on any atom is -0.493 e. The predicted molar refractivity (Wildman–Crippen MR) is 48.1 cm³/mol. The number of aliphatic hydroxyl groups excluding tert-OH is 1. The summed E-state index contributed by atoms with van der Waals surface area (Å²) in [6.07, 6.45) is 2.10. The average molecular weight is 183 g/mol. The van der Waals surface area contributed by atoms with Crippen LogP contribution < -0.4 is 9.47 Å². The Morgan fingerprint density at radius 3 is 2.69 bits per heavy atom. The van der Waals surface area contributed by atoms with Gasteiger partial charge in [-0.05, 0) is 0 Å². The molecule has 0 spiro atoms. The Kier molecular flexibility index (Phi) is 3.52. The molecule has 0 aromatic carbocycles. The molecular weight excluding hydrogens is 170 g/mol. The van der Waals surface area contributed by atoms with Crippen molar-refractivity contribution in [1.82, 2.24) is 4.98 Å². The number of rotatable bonds is 4. The zero-order chi connectivity index (χ0) is 9.68. The highest BCUT2D eigenvalue weighted by atomic mass is 16.5. The smallest absolute Gasteiger partial charge is 0.182 e. The first-order chi connectivity index (χ1) is 6.33. The lowest BCUT2D eigenvalue weighted by Gasteiger charge is -2.10. The fourth-order valence-electron chi connectivity index (χ4n) is 1.13. The van der Waals surface area contributed by atoms with Crippen LogP contribution in [-0.4, -0.2) is 30.9 Å². The van der Waals surface area contributed by atoms with E-state index in [0.717, 1.165) is 0 Å². The van der Waals surface area contributed by atoms with Crippen molar-refractivity contribution in [3.05, 3.63) is 18.0 Å². The summed E-state index contributed by atoms with van der Waals surface area (Å²) in [5.74, 6) is 1.24. The molecule has 1 N–H and O–H groups in total. The van der Waals surface area contributed by atoms with Gasteiger partial charge in [-0.2, -0.15) is 0 Å². The van der Waals surface area contributed by atoms with Crippen LogP contribution >= 0.6 is 0 Å². The largest absolute Gasteiger partial charge is 0.493 e. The lowest BCUT2D eigenvalue weighted by molar-refractivity contribution is 0.292. The molecule has 72 valence electrons. The summed E-state index contributed by atoms with van der Waals surface area (Å²) in [6.45, 7) is 0.0521. The lowest BCUT2D eigenvalue weighted by Crippen LogP contribution is -2.00. The molecule has 0 unspecified atom stereocenters. The summed E-state index contributed by atoms with van der Waals surface area (Å²) in [7, 11) is 3.13. The van der Waals surface area contributed by atoms with Gasteiger partial charge in [0, 0.05) is 25.3 Å². The molecule has 1 aromatic rings. The van der Waals surface area contributed by atoms with Crippen molar-refractivity contribution in [3.8, 4) is 11.5 Å². The van der Waals surface area contributed by atoms with Crippen molar-refractivity contribution < 1.29 is 14.6 Å². The van der Waals surface area contributed by atoms with E-state index in [1.54, 1.807) is 26.5 Å². The Bertz CT molecular complexity index is 276. The fourth-order valence-corrected chi connectivity index (χ4v) is 1.13. The van der Waals surface area contributed by atoms with Crippen molar-refractivity contribution in [2.45, 2.75) is 6.42 Å². The van der Waals surface area contributed by atoms with Gasteiger partial charge < -0.3 is 14.6 Å². The predicted octanol–water partition coefficient (Wildman–Crippen LogP) is 0.634. The summed E-state index contributed by atoms with van der Waals surface area (Å²) in [6, 6.07) is 1.72. The number of aromatic nitrogens is 1. The van der Waals surface area contributed by atoms with Crippen LogP contribution in [0.4, 0.5) is 0 Å². The molecule has 0 amide bonds. The van der Waals surface area contributed by atoms with Crippen molar-refractivity contribution in [2.24, 2.45) is 0 Å². The van der Waals surface area contributed by atoms with Crippen LogP contribution in [0, 0.1) is 0 Å². The molecule has 4 heteroatoms. The third kappa shape index (κ3) is 2.09. The SMILES string of the molecule is COc1ccnc(CCO)c1OC. The van der Waals surface area contributed by atoms with Crippen LogP contribution in [0.5, 0.6) is 11.5 Å². The minimum absolute atomic E-state index is 0.0521. The highest BCUT2D eigenvalue weighted by molar-refractivity contribution is 5.42. The number of nitrogens with zero attached hydrogens (tertiary/aromatic N) is 1. The van der Waals surface area contributed by atoms with E-state index in [0.29, 0.717) is 23.6 Å². The molecule has 0 aliphatic carbocycles. The molecule has 0 aliphatic rings. The molecule has 4 nitrogen and oxygen atoms in total. The molecule has 0 saturated heterocycles. The van der Waals surface area contributed by atoms with E-state index in [1.165, 1.54) is 0 Å². The quantitative estimate of drug-likeness (QED) is 0.744. The van der Waals surface area contributed by atoms with Crippen molar-refractivity contribution in [3.63, 3.8) is 0 Å². The average Bonchev–Trinajstić information content (AvgIpc) is 2.18. The van der Waals surface area contributed by atoms with Crippen LogP contribution in [0.3, 0.4) is 0 Å². The molecule has 0 saturated carbocycles. The maximum absolute atomic E-state index is 8.77. The second-order valence-electron chi connectivity index (χ2n) is 2.47. The Morgan fingerprint density at radius 1 is 1.38 bits per heavy atom. The van der Waals surface area contributed by atoms with Crippen LogP contribution in [0.1, 0.15) is 5.69 Å². The zero-order valence-corrected chi connectivity index (χ0v) is 7.78. The summed E-state index contributed by atoms with van der Waals surface area (Å²) < 4.78 is 10.2. The molecule has 0 bridgehead atoms. The number of hydrogen-bond donors (Lipinski definition) is 1. The molecule has 1 heterocycles. The van der Waals surface area contributed by atoms with E-state index in [4.69, 9.17) is 14.6 Å². The van der Waals surface area contributed by atoms with Gasteiger partial charge >= 0.3 is 0 Å². The standard InChI is InChI=1S/C9H13NO3/c1-12-8-3-5-10-7(4-6-11)9(8)13-2/h3,5,11H,4,6H2,1-2H3. The van der Waals surface area contributed by atoms with Gasteiger partial charge in [-0.25, -0.2) is 0 Å². The first-order valence-corrected chi connectivity index (χ1v) is 4.00. The lowest BCUT2D eigenvalue weighted by atomic mass is 10.2. The highest BCUT2D eigenvalue weighted by Gasteiger charge is 2.09. The minimum atomic E-state index is 0.0521. The summed E-state index contributed by atoms with van der Waals surface area (Å²) in [5.41, 5.74) is 0.712. The summed E-state index contributed by atoms with van der Waals surface area (Å²) in [5, 5.41) is 8.77. The van der Waals surface area contributed by atoms with E-state index in [1.807, 2.05) is 0 Å². The monoisotopic (exact) mass is 183 g/mol. The molecule has 0 radical (unpaired) electrons. The first kappa shape index (κ1) is 9.80. The highest BCUT2D eigenvalue weighted by Crippen LogP contribution is 2.28. The molecule has 1 aromatic heterocycles. The van der Waals surface area contributed by atoms with Gasteiger partial charge in [0.1, 0.15) is 0 Å². The van der Waals surface area contributed by atoms with Crippen LogP contribution in [-0.2, 0) is 6.42 Å². The third-order valence-electron chi connectivity index (χ3n) is 1.71. The Balaban J connectivity index is 3.03. The molecule has 0 aliphatic heterocycles. The molecule has 13 heavy (non-hydrogen) atoms. The third-order valence-corrected chi connectivity index (χ3v) is 1.71. The van der Waals surface area contributed by atoms with Crippen LogP contribution in [0.15, 0.2) is 12.3 Å². The second-order valence-corrected chi connectivity index (χ2v) is 2.47. The molecule has 0 fully saturated rings. The number of pyridine rings is 1. The Morgan fingerprint density at radius 2 is 2.15 bits per heavy atom. The van der Waals surface area contributed by atoms with Gasteiger partial charge in [0.15, 0.2) is 11.5 Å². The van der Waals surface area contributed by atoms with Crippen LogP contribution in [0.2, 0.25) is 0 Å². The van der Waals surface area contributed by atoms with Crippen LogP contribution in [0.25, 0.3) is 0 Å². The maximum atomic E-state index is 8.77.